The monoisotopic (exact) mass is 642 g/mol. The van der Waals surface area contributed by atoms with Crippen LogP contribution in [0.5, 0.6) is 0 Å². The van der Waals surface area contributed by atoms with E-state index >= 15 is 0 Å². The summed E-state index contributed by atoms with van der Waals surface area (Å²) in [5.74, 6) is 0. The normalized spacial score (nSPS) is 23.8. The topological polar surface area (TPSA) is 6.48 Å². The van der Waals surface area contributed by atoms with E-state index in [2.05, 4.69) is 146 Å². The van der Waals surface area contributed by atoms with Crippen molar-refractivity contribution in [3.8, 4) is 0 Å². The first-order valence-corrected chi connectivity index (χ1v) is 18.7. The van der Waals surface area contributed by atoms with Crippen LogP contribution in [0.1, 0.15) is 82.4 Å². The maximum Gasteiger partial charge on any atom is 0.249 e. The summed E-state index contributed by atoms with van der Waals surface area (Å²) in [6, 6.07) is 33.6. The average Bonchev–Trinajstić information content (AvgIpc) is 3.18. The number of anilines is 3. The zero-order valence-corrected chi connectivity index (χ0v) is 29.2. The molecule has 0 saturated heterocycles. The van der Waals surface area contributed by atoms with Crippen LogP contribution in [0.3, 0.4) is 0 Å². The summed E-state index contributed by atoms with van der Waals surface area (Å²) in [6.45, 7) is 12.0. The number of hydrogen-bond donors (Lipinski definition) is 0. The molecule has 1 saturated carbocycles. The summed E-state index contributed by atoms with van der Waals surface area (Å²) < 4.78 is 0. The Morgan fingerprint density at radius 2 is 1.58 bits per heavy atom. The lowest BCUT2D eigenvalue weighted by Gasteiger charge is -2.51. The summed E-state index contributed by atoms with van der Waals surface area (Å²) in [5, 5.41) is 0. The Hall–Kier alpha value is -4.15. The van der Waals surface area contributed by atoms with E-state index in [0.717, 1.165) is 24.2 Å². The number of para-hydroxylation sites is 3. The second-order valence-corrected chi connectivity index (χ2v) is 15.8. The summed E-state index contributed by atoms with van der Waals surface area (Å²) in [6.07, 6.45) is 15.7. The smallest absolute Gasteiger partial charge is 0.249 e. The second-order valence-electron chi connectivity index (χ2n) is 14.8. The van der Waals surface area contributed by atoms with Crippen molar-refractivity contribution in [2.24, 2.45) is 0 Å². The molecule has 48 heavy (non-hydrogen) atoms. The Morgan fingerprint density at radius 3 is 2.31 bits per heavy atom. The molecule has 238 valence electrons. The van der Waals surface area contributed by atoms with Gasteiger partial charge < -0.3 is 9.80 Å². The highest BCUT2D eigenvalue weighted by atomic mass is 32.2. The van der Waals surface area contributed by atoms with Gasteiger partial charge in [0.2, 0.25) is 6.71 Å². The van der Waals surface area contributed by atoms with Crippen molar-refractivity contribution >= 4 is 58.6 Å². The molecule has 0 aromatic heterocycles. The van der Waals surface area contributed by atoms with Gasteiger partial charge in [0.15, 0.2) is 0 Å². The van der Waals surface area contributed by atoms with Crippen molar-refractivity contribution in [2.75, 3.05) is 9.80 Å². The van der Waals surface area contributed by atoms with Gasteiger partial charge in [-0.15, -0.1) is 0 Å². The lowest BCUT2D eigenvalue weighted by atomic mass is 9.33. The lowest BCUT2D eigenvalue weighted by Crippen LogP contribution is -2.59. The number of nitrogens with zero attached hydrogens (tertiary/aromatic N) is 2. The molecule has 3 aliphatic heterocycles. The van der Waals surface area contributed by atoms with Crippen LogP contribution in [0.2, 0.25) is 0 Å². The Labute approximate surface area is 291 Å². The predicted molar refractivity (Wildman–Crippen MR) is 208 cm³/mol. The summed E-state index contributed by atoms with van der Waals surface area (Å²) in [7, 11) is 0. The minimum Gasteiger partial charge on any atom is -0.339 e. The van der Waals surface area contributed by atoms with Crippen LogP contribution in [0.25, 0.3) is 12.2 Å². The van der Waals surface area contributed by atoms with Gasteiger partial charge in [0.1, 0.15) is 0 Å². The van der Waals surface area contributed by atoms with Crippen LogP contribution in [0.15, 0.2) is 130 Å². The maximum atomic E-state index is 4.35. The van der Waals surface area contributed by atoms with E-state index in [4.69, 9.17) is 0 Å². The largest absolute Gasteiger partial charge is 0.339 e. The number of thioether (sulfide) groups is 1. The minimum atomic E-state index is 0.116. The van der Waals surface area contributed by atoms with Crippen molar-refractivity contribution < 1.29 is 0 Å². The van der Waals surface area contributed by atoms with Gasteiger partial charge in [0.05, 0.1) is 5.54 Å². The quantitative estimate of drug-likeness (QED) is 0.200. The molecule has 9 rings (SSSR count). The molecule has 0 amide bonds. The Balaban J connectivity index is 1.21. The standard InChI is InChI=1S/C44H43BN2S/c1-5-31-28-37-40(29-32(31)27-30(2)46(33-17-9-6-10-18-33)34-19-11-7-12-20-34)48-39-24-16-23-38-41(39)45(37)36-22-15-21-35-42(36)47(38)44(4)26-14-8-13-25-43(35,44)3/h5-7,9-12,15,17-22,24,27-29H,1,8,13-14,16,23,25-26H2,2-4H3/b30-27+. The number of benzene rings is 4. The van der Waals surface area contributed by atoms with Crippen molar-refractivity contribution in [1.82, 2.24) is 0 Å². The van der Waals surface area contributed by atoms with E-state index in [1.807, 2.05) is 11.8 Å². The number of rotatable bonds is 5. The van der Waals surface area contributed by atoms with Gasteiger partial charge in [-0.05, 0) is 104 Å². The lowest BCUT2D eigenvalue weighted by molar-refractivity contribution is 0.254. The molecule has 4 heteroatoms. The molecule has 4 aromatic rings. The highest BCUT2D eigenvalue weighted by Crippen LogP contribution is 2.61. The van der Waals surface area contributed by atoms with E-state index in [1.54, 1.807) is 16.7 Å². The molecular weight excluding hydrogens is 599 g/mol. The van der Waals surface area contributed by atoms with Gasteiger partial charge in [-0.3, -0.25) is 0 Å². The fraction of sp³-hybridized carbons (Fsp3) is 0.273. The van der Waals surface area contributed by atoms with Crippen LogP contribution in [-0.2, 0) is 5.41 Å². The van der Waals surface area contributed by atoms with Crippen LogP contribution >= 0.6 is 11.8 Å². The average molecular weight is 643 g/mol. The number of fused-ring (bicyclic) bond motifs is 7. The molecule has 2 aliphatic carbocycles. The Kier molecular flexibility index (Phi) is 6.99. The zero-order chi connectivity index (χ0) is 32.6. The van der Waals surface area contributed by atoms with Crippen molar-refractivity contribution in [2.45, 2.75) is 81.6 Å². The highest BCUT2D eigenvalue weighted by Gasteiger charge is 2.60. The first-order valence-electron chi connectivity index (χ1n) is 17.9. The number of allylic oxidation sites excluding steroid dienone is 4. The first-order chi connectivity index (χ1) is 23.4. The van der Waals surface area contributed by atoms with E-state index in [-0.39, 0.29) is 17.7 Å². The van der Waals surface area contributed by atoms with Gasteiger partial charge >= 0.3 is 0 Å². The summed E-state index contributed by atoms with van der Waals surface area (Å²) >= 11 is 1.99. The van der Waals surface area contributed by atoms with Crippen LogP contribution in [-0.4, -0.2) is 12.3 Å². The summed E-state index contributed by atoms with van der Waals surface area (Å²) in [4.78, 5) is 8.10. The first kappa shape index (κ1) is 30.0. The highest BCUT2D eigenvalue weighted by molar-refractivity contribution is 8.04. The minimum absolute atomic E-state index is 0.116. The molecule has 0 bridgehead atoms. The van der Waals surface area contributed by atoms with Crippen LogP contribution in [0, 0.1) is 0 Å². The SMILES string of the molecule is C=Cc1cc2c(cc1/C=C(\C)N(c1ccccc1)c1ccccc1)SC1=CCCC3=C1B2c1cccc2c1N3C1(C)CCCCCC21C. The van der Waals surface area contributed by atoms with Gasteiger partial charge in [-0.25, -0.2) is 0 Å². The van der Waals surface area contributed by atoms with Gasteiger partial charge in [-0.1, -0.05) is 123 Å². The molecule has 5 aliphatic rings. The second kappa shape index (κ2) is 11.2. The van der Waals surface area contributed by atoms with E-state index in [1.165, 1.54) is 75.3 Å². The molecule has 0 N–H and O–H groups in total. The van der Waals surface area contributed by atoms with Crippen LogP contribution < -0.4 is 20.7 Å². The molecular formula is C44H43BN2S. The molecule has 3 heterocycles. The van der Waals surface area contributed by atoms with E-state index < -0.39 is 0 Å². The third-order valence-corrected chi connectivity index (χ3v) is 13.5. The van der Waals surface area contributed by atoms with Gasteiger partial charge in [-0.2, -0.15) is 0 Å². The third-order valence-electron chi connectivity index (χ3n) is 12.3. The maximum absolute atomic E-state index is 4.35. The predicted octanol–water partition coefficient (Wildman–Crippen LogP) is 10.5. The van der Waals surface area contributed by atoms with Gasteiger partial charge in [0.25, 0.3) is 0 Å². The fourth-order valence-corrected chi connectivity index (χ4v) is 11.1. The Bertz CT molecular complexity index is 2020. The van der Waals surface area contributed by atoms with E-state index in [9.17, 15) is 0 Å². The van der Waals surface area contributed by atoms with Crippen molar-refractivity contribution in [3.63, 3.8) is 0 Å². The Morgan fingerprint density at radius 1 is 0.854 bits per heavy atom. The molecule has 0 spiro atoms. The van der Waals surface area contributed by atoms with Crippen molar-refractivity contribution in [1.29, 1.82) is 0 Å². The molecule has 0 radical (unpaired) electrons. The van der Waals surface area contributed by atoms with E-state index in [0.29, 0.717) is 0 Å². The molecule has 2 unspecified atom stereocenters. The fourth-order valence-electron chi connectivity index (χ4n) is 9.83. The zero-order valence-electron chi connectivity index (χ0n) is 28.4. The van der Waals surface area contributed by atoms with Gasteiger partial charge in [0, 0.05) is 43.7 Å². The number of hydrogen-bond acceptors (Lipinski definition) is 3. The molecule has 4 aromatic carbocycles. The van der Waals surface area contributed by atoms with Crippen LogP contribution in [0.4, 0.5) is 17.1 Å². The summed E-state index contributed by atoms with van der Waals surface area (Å²) in [5.41, 5.74) is 15.4. The third kappa shape index (κ3) is 4.21. The molecule has 1 fully saturated rings. The molecule has 2 atom stereocenters. The molecule has 2 nitrogen and oxygen atoms in total. The van der Waals surface area contributed by atoms with Crippen molar-refractivity contribution in [3.05, 3.63) is 142 Å².